The van der Waals surface area contributed by atoms with E-state index in [0.717, 1.165) is 30.2 Å². The van der Waals surface area contributed by atoms with Crippen LogP contribution in [0.1, 0.15) is 39.5 Å². The maximum Gasteiger partial charge on any atom is 0.328 e. The highest BCUT2D eigenvalue weighted by Crippen LogP contribution is 2.21. The van der Waals surface area contributed by atoms with E-state index in [1.165, 1.54) is 12.1 Å². The van der Waals surface area contributed by atoms with Crippen molar-refractivity contribution in [3.8, 4) is 0 Å². The van der Waals surface area contributed by atoms with Crippen LogP contribution in [0.15, 0.2) is 47.4 Å². The molecule has 15 heteroatoms. The number of sulfonamides is 1. The van der Waals surface area contributed by atoms with Crippen molar-refractivity contribution < 1.29 is 37.4 Å². The number of amides is 2. The Morgan fingerprint density at radius 1 is 1.16 bits per heavy atom. The van der Waals surface area contributed by atoms with E-state index in [2.05, 4.69) is 10.0 Å². The molecule has 0 bridgehead atoms. The first-order valence-corrected chi connectivity index (χ1v) is 16.2. The third-order valence-electron chi connectivity index (χ3n) is 7.60. The number of benzene rings is 2. The Kier molecular flexibility index (Phi) is 12.3. The number of ether oxygens (including phenoxy) is 1. The molecule has 0 aliphatic carbocycles. The van der Waals surface area contributed by atoms with Crippen molar-refractivity contribution in [1.82, 2.24) is 19.8 Å². The Hall–Kier alpha value is -4.24. The summed E-state index contributed by atoms with van der Waals surface area (Å²) in [7, 11) is -3.31. The lowest BCUT2D eigenvalue weighted by Crippen LogP contribution is -2.56. The van der Waals surface area contributed by atoms with Gasteiger partial charge in [-0.25, -0.2) is 13.2 Å². The van der Waals surface area contributed by atoms with Crippen LogP contribution < -0.4 is 15.8 Å². The van der Waals surface area contributed by atoms with Gasteiger partial charge >= 0.3 is 11.9 Å². The SMILES string of the molecule is COC(=O)[C@@H](CC(C)C)N(CC(=O)O)C(=O)[C@H](CC(=O)NC[C@@H]1CCCN(C(=N)N)C1)NS(=O)(=O)c1ccc2ccccc2c1. The zero-order chi connectivity index (χ0) is 33.3. The molecule has 1 aliphatic heterocycles. The number of piperidine rings is 1. The van der Waals surface area contributed by atoms with E-state index >= 15 is 0 Å². The molecular weight excluding hydrogens is 604 g/mol. The monoisotopic (exact) mass is 646 g/mol. The first-order chi connectivity index (χ1) is 21.2. The first kappa shape index (κ1) is 35.2. The molecule has 0 radical (unpaired) electrons. The van der Waals surface area contributed by atoms with Crippen LogP contribution in [0.5, 0.6) is 0 Å². The number of carboxylic acid groups (broad SMARTS) is 1. The summed E-state index contributed by atoms with van der Waals surface area (Å²) in [5, 5.41) is 21.5. The summed E-state index contributed by atoms with van der Waals surface area (Å²) in [5.41, 5.74) is 5.61. The van der Waals surface area contributed by atoms with Crippen molar-refractivity contribution in [3.05, 3.63) is 42.5 Å². The number of fused-ring (bicyclic) bond motifs is 1. The fraction of sp³-hybridized carbons (Fsp3) is 0.500. The molecule has 1 saturated heterocycles. The predicted molar refractivity (Wildman–Crippen MR) is 167 cm³/mol. The van der Waals surface area contributed by atoms with Gasteiger partial charge in [0.1, 0.15) is 18.6 Å². The summed E-state index contributed by atoms with van der Waals surface area (Å²) in [6.45, 7) is 3.89. The number of hydrogen-bond acceptors (Lipinski definition) is 8. The molecule has 0 unspecified atom stereocenters. The van der Waals surface area contributed by atoms with Crippen molar-refractivity contribution in [3.63, 3.8) is 0 Å². The zero-order valence-electron chi connectivity index (χ0n) is 25.7. The lowest BCUT2D eigenvalue weighted by atomic mass is 9.98. The molecule has 2 amide bonds. The second-order valence-electron chi connectivity index (χ2n) is 11.6. The van der Waals surface area contributed by atoms with Crippen LogP contribution in [0.4, 0.5) is 0 Å². The number of carboxylic acids is 1. The number of carbonyl (C=O) groups excluding carboxylic acids is 3. The lowest BCUT2D eigenvalue weighted by molar-refractivity contribution is -0.157. The molecule has 0 saturated carbocycles. The normalized spacial score (nSPS) is 16.5. The highest BCUT2D eigenvalue weighted by Gasteiger charge is 2.39. The van der Waals surface area contributed by atoms with Crippen molar-refractivity contribution in [2.75, 3.05) is 33.3 Å². The second kappa shape index (κ2) is 15.7. The van der Waals surface area contributed by atoms with E-state index in [1.807, 2.05) is 6.07 Å². The van der Waals surface area contributed by atoms with E-state index in [4.69, 9.17) is 15.9 Å². The fourth-order valence-corrected chi connectivity index (χ4v) is 6.58. The smallest absolute Gasteiger partial charge is 0.328 e. The molecule has 6 N–H and O–H groups in total. The summed E-state index contributed by atoms with van der Waals surface area (Å²) in [5.74, 6) is -4.30. The van der Waals surface area contributed by atoms with Crippen LogP contribution in [0, 0.1) is 17.2 Å². The highest BCUT2D eigenvalue weighted by molar-refractivity contribution is 7.89. The fourth-order valence-electron chi connectivity index (χ4n) is 5.36. The molecule has 0 aromatic heterocycles. The number of rotatable bonds is 14. The molecule has 3 atom stereocenters. The number of likely N-dealkylation sites (tertiary alicyclic amines) is 1. The van der Waals surface area contributed by atoms with Gasteiger partial charge in [-0.05, 0) is 54.0 Å². The Bertz CT molecular complexity index is 1510. The Labute approximate surface area is 262 Å². The van der Waals surface area contributed by atoms with Gasteiger partial charge in [-0.15, -0.1) is 0 Å². The number of hydrogen-bond donors (Lipinski definition) is 5. The third-order valence-corrected chi connectivity index (χ3v) is 9.07. The quantitative estimate of drug-likeness (QED) is 0.112. The summed E-state index contributed by atoms with van der Waals surface area (Å²) >= 11 is 0. The summed E-state index contributed by atoms with van der Waals surface area (Å²) in [6.07, 6.45) is 0.905. The number of methoxy groups -OCH3 is 1. The number of nitrogens with two attached hydrogens (primary N) is 1. The van der Waals surface area contributed by atoms with E-state index in [-0.39, 0.29) is 35.7 Å². The van der Waals surface area contributed by atoms with E-state index in [9.17, 15) is 32.7 Å². The Morgan fingerprint density at radius 3 is 2.47 bits per heavy atom. The standard InChI is InChI=1S/C30H42N6O8S/c1-19(2)13-25(29(41)44-3)36(18-27(38)39)28(40)24(15-26(37)33-16-20-7-6-12-35(17-20)30(31)32)34-45(42,43)23-11-10-21-8-4-5-9-22(21)14-23/h4-5,8-11,14,19-20,24-25,34H,6-7,12-13,15-18H2,1-3H3,(H3,31,32)(H,33,37)(H,38,39)/t20-,24-,25+/m0/s1. The number of nitrogens with one attached hydrogen (secondary N) is 3. The van der Waals surface area contributed by atoms with Crippen LogP contribution in [0.2, 0.25) is 0 Å². The molecule has 1 fully saturated rings. The summed E-state index contributed by atoms with van der Waals surface area (Å²) < 4.78 is 34.4. The molecule has 2 aromatic carbocycles. The van der Waals surface area contributed by atoms with Gasteiger partial charge in [-0.3, -0.25) is 19.8 Å². The van der Waals surface area contributed by atoms with Gasteiger partial charge in [-0.1, -0.05) is 44.2 Å². The number of esters is 1. The van der Waals surface area contributed by atoms with Crippen molar-refractivity contribution in [1.29, 1.82) is 5.41 Å². The van der Waals surface area contributed by atoms with Crippen LogP contribution in [-0.4, -0.2) is 98.4 Å². The van der Waals surface area contributed by atoms with Gasteiger partial charge < -0.3 is 30.7 Å². The average molecular weight is 647 g/mol. The van der Waals surface area contributed by atoms with Crippen molar-refractivity contribution >= 4 is 50.5 Å². The molecule has 45 heavy (non-hydrogen) atoms. The van der Waals surface area contributed by atoms with Crippen LogP contribution in [0.3, 0.4) is 0 Å². The molecule has 1 heterocycles. The number of nitrogens with zero attached hydrogens (tertiary/aromatic N) is 2. The van der Waals surface area contributed by atoms with Gasteiger partial charge in [0.25, 0.3) is 0 Å². The Morgan fingerprint density at radius 2 is 1.84 bits per heavy atom. The van der Waals surface area contributed by atoms with Gasteiger partial charge in [0, 0.05) is 19.6 Å². The molecule has 246 valence electrons. The Balaban J connectivity index is 1.93. The van der Waals surface area contributed by atoms with E-state index < -0.39 is 58.8 Å². The van der Waals surface area contributed by atoms with Gasteiger partial charge in [0.15, 0.2) is 5.96 Å². The minimum atomic E-state index is -4.42. The predicted octanol–water partition coefficient (Wildman–Crippen LogP) is 1.10. The molecule has 2 aromatic rings. The van der Waals surface area contributed by atoms with E-state index in [1.54, 1.807) is 43.0 Å². The average Bonchev–Trinajstić information content (AvgIpc) is 3.00. The summed E-state index contributed by atoms with van der Waals surface area (Å²) in [4.78, 5) is 54.1. The number of aliphatic carboxylic acids is 1. The van der Waals surface area contributed by atoms with E-state index in [0.29, 0.717) is 18.5 Å². The first-order valence-electron chi connectivity index (χ1n) is 14.7. The molecule has 3 rings (SSSR count). The summed E-state index contributed by atoms with van der Waals surface area (Å²) in [6, 6.07) is 8.39. The molecule has 1 aliphatic rings. The number of carbonyl (C=O) groups is 4. The van der Waals surface area contributed by atoms with Crippen LogP contribution >= 0.6 is 0 Å². The van der Waals surface area contributed by atoms with Crippen LogP contribution in [-0.2, 0) is 33.9 Å². The van der Waals surface area contributed by atoms with Crippen molar-refractivity contribution in [2.24, 2.45) is 17.6 Å². The molecule has 14 nitrogen and oxygen atoms in total. The molecular formula is C30H42N6O8S. The maximum atomic E-state index is 14.0. The maximum absolute atomic E-state index is 14.0. The highest BCUT2D eigenvalue weighted by atomic mass is 32.2. The largest absolute Gasteiger partial charge is 0.480 e. The van der Waals surface area contributed by atoms with Gasteiger partial charge in [0.05, 0.1) is 18.4 Å². The third kappa shape index (κ3) is 9.88. The zero-order valence-corrected chi connectivity index (χ0v) is 26.5. The van der Waals surface area contributed by atoms with Gasteiger partial charge in [-0.2, -0.15) is 4.72 Å². The number of guanidine groups is 1. The van der Waals surface area contributed by atoms with Crippen LogP contribution in [0.25, 0.3) is 10.8 Å². The lowest BCUT2D eigenvalue weighted by Gasteiger charge is -2.33. The minimum Gasteiger partial charge on any atom is -0.480 e. The topological polar surface area (TPSA) is 212 Å². The minimum absolute atomic E-state index is 0.0340. The molecule has 0 spiro atoms. The van der Waals surface area contributed by atoms with Crippen molar-refractivity contribution in [2.45, 2.75) is 56.5 Å². The second-order valence-corrected chi connectivity index (χ2v) is 13.3. The van der Waals surface area contributed by atoms with Gasteiger partial charge in [0.2, 0.25) is 21.8 Å².